The van der Waals surface area contributed by atoms with Crippen LogP contribution in [0, 0.1) is 0 Å². The Bertz CT molecular complexity index is 514. The van der Waals surface area contributed by atoms with Gasteiger partial charge in [-0.1, -0.05) is 12.5 Å². The molecule has 0 atom stereocenters. The maximum absolute atomic E-state index is 12.6. The third-order valence-corrected chi connectivity index (χ3v) is 4.08. The molecule has 1 fully saturated rings. The summed E-state index contributed by atoms with van der Waals surface area (Å²) in [7, 11) is 0. The van der Waals surface area contributed by atoms with Gasteiger partial charge in [0.15, 0.2) is 5.11 Å². The fourth-order valence-electron chi connectivity index (χ4n) is 2.64. The molecule has 7 heteroatoms. The van der Waals surface area contributed by atoms with Crippen LogP contribution < -0.4 is 10.6 Å². The van der Waals surface area contributed by atoms with Gasteiger partial charge in [-0.3, -0.25) is 0 Å². The number of nitrogens with zero attached hydrogens (tertiary/aromatic N) is 1. The highest BCUT2D eigenvalue weighted by atomic mass is 32.1. The molecule has 1 saturated heterocycles. The summed E-state index contributed by atoms with van der Waals surface area (Å²) >= 11 is 5.13. The van der Waals surface area contributed by atoms with E-state index in [1.807, 2.05) is 0 Å². The minimum Gasteiger partial charge on any atom is -0.362 e. The average molecular weight is 345 g/mol. The molecule has 0 aromatic heterocycles. The van der Waals surface area contributed by atoms with Crippen LogP contribution in [0.2, 0.25) is 0 Å². The largest absolute Gasteiger partial charge is 0.416 e. The lowest BCUT2D eigenvalue weighted by molar-refractivity contribution is -0.137. The van der Waals surface area contributed by atoms with Gasteiger partial charge in [0.2, 0.25) is 0 Å². The summed E-state index contributed by atoms with van der Waals surface area (Å²) in [6.07, 6.45) is 0.469. The van der Waals surface area contributed by atoms with Crippen LogP contribution >= 0.6 is 12.2 Å². The number of benzene rings is 1. The van der Waals surface area contributed by atoms with Gasteiger partial charge < -0.3 is 15.5 Å². The molecule has 1 heterocycles. The average Bonchev–Trinajstić information content (AvgIpc) is 2.52. The normalized spacial score (nSPS) is 16.1. The van der Waals surface area contributed by atoms with Gasteiger partial charge in [-0.15, -0.1) is 0 Å². The van der Waals surface area contributed by atoms with Gasteiger partial charge in [0.05, 0.1) is 5.56 Å². The van der Waals surface area contributed by atoms with Gasteiger partial charge in [0.1, 0.15) is 0 Å². The van der Waals surface area contributed by atoms with E-state index in [0.29, 0.717) is 17.3 Å². The third-order valence-electron chi connectivity index (χ3n) is 3.83. The van der Waals surface area contributed by atoms with Crippen molar-refractivity contribution in [3.63, 3.8) is 0 Å². The zero-order chi connectivity index (χ0) is 16.7. The highest BCUT2D eigenvalue weighted by Gasteiger charge is 2.30. The summed E-state index contributed by atoms with van der Waals surface area (Å²) in [5, 5.41) is 6.19. The van der Waals surface area contributed by atoms with Crippen LogP contribution in [0.15, 0.2) is 24.3 Å². The molecule has 0 bridgehead atoms. The van der Waals surface area contributed by atoms with E-state index in [0.717, 1.165) is 38.2 Å². The van der Waals surface area contributed by atoms with Crippen LogP contribution in [0.5, 0.6) is 0 Å². The number of halogens is 3. The van der Waals surface area contributed by atoms with Gasteiger partial charge in [-0.2, -0.15) is 13.2 Å². The van der Waals surface area contributed by atoms with E-state index >= 15 is 0 Å². The molecular formula is C16H22F3N3S. The zero-order valence-electron chi connectivity index (χ0n) is 13.0. The maximum atomic E-state index is 12.6. The fourth-order valence-corrected chi connectivity index (χ4v) is 2.86. The number of thiocarbonyl (C=S) groups is 1. The number of alkyl halides is 3. The Morgan fingerprint density at radius 2 is 1.91 bits per heavy atom. The molecule has 2 N–H and O–H groups in total. The van der Waals surface area contributed by atoms with Crippen molar-refractivity contribution in [2.75, 3.05) is 31.5 Å². The Balaban J connectivity index is 1.70. The Kier molecular flexibility index (Phi) is 6.65. The molecule has 1 aromatic rings. The van der Waals surface area contributed by atoms with Crippen molar-refractivity contribution in [2.24, 2.45) is 0 Å². The Labute approximate surface area is 140 Å². The molecule has 3 nitrogen and oxygen atoms in total. The van der Waals surface area contributed by atoms with Gasteiger partial charge >= 0.3 is 6.18 Å². The van der Waals surface area contributed by atoms with Crippen LogP contribution in [0.1, 0.15) is 31.2 Å². The van der Waals surface area contributed by atoms with Gasteiger partial charge in [-0.05, 0) is 69.3 Å². The second-order valence-corrected chi connectivity index (χ2v) is 6.12. The van der Waals surface area contributed by atoms with Crippen molar-refractivity contribution >= 4 is 23.0 Å². The number of nitrogens with one attached hydrogen (secondary N) is 2. The number of piperidine rings is 1. The summed E-state index contributed by atoms with van der Waals surface area (Å²) < 4.78 is 37.9. The van der Waals surface area contributed by atoms with Gasteiger partial charge in [0.25, 0.3) is 0 Å². The topological polar surface area (TPSA) is 27.3 Å². The molecule has 0 saturated carbocycles. The molecule has 128 valence electrons. The number of anilines is 1. The summed E-state index contributed by atoms with van der Waals surface area (Å²) in [5.41, 5.74) is -0.344. The minimum absolute atomic E-state index is 0.341. The third kappa shape index (κ3) is 6.35. The van der Waals surface area contributed by atoms with E-state index in [1.165, 1.54) is 25.3 Å². The monoisotopic (exact) mass is 345 g/mol. The first-order valence-corrected chi connectivity index (χ1v) is 8.30. The highest BCUT2D eigenvalue weighted by molar-refractivity contribution is 7.80. The molecular weight excluding hydrogens is 323 g/mol. The molecule has 0 aliphatic carbocycles. The lowest BCUT2D eigenvalue weighted by atomic mass is 10.1. The first-order valence-electron chi connectivity index (χ1n) is 7.89. The van der Waals surface area contributed by atoms with Gasteiger partial charge in [-0.25, -0.2) is 0 Å². The molecule has 1 aliphatic rings. The second-order valence-electron chi connectivity index (χ2n) is 5.72. The van der Waals surface area contributed by atoms with Crippen LogP contribution in [0.25, 0.3) is 0 Å². The summed E-state index contributed by atoms with van der Waals surface area (Å²) in [6.45, 7) is 4.06. The molecule has 0 radical (unpaired) electrons. The van der Waals surface area contributed by atoms with E-state index in [9.17, 15) is 13.2 Å². The first kappa shape index (κ1) is 18.0. The number of rotatable bonds is 5. The summed E-state index contributed by atoms with van der Waals surface area (Å²) in [4.78, 5) is 2.44. The maximum Gasteiger partial charge on any atom is 0.416 e. The summed E-state index contributed by atoms with van der Waals surface area (Å²) in [5.74, 6) is 0. The van der Waals surface area contributed by atoms with Crippen molar-refractivity contribution in [3.05, 3.63) is 29.8 Å². The number of likely N-dealkylation sites (tertiary alicyclic amines) is 1. The van der Waals surface area contributed by atoms with Crippen LogP contribution in [0.4, 0.5) is 18.9 Å². The predicted octanol–water partition coefficient (Wildman–Crippen LogP) is 3.87. The minimum atomic E-state index is -4.35. The van der Waals surface area contributed by atoms with E-state index in [-0.39, 0.29) is 0 Å². The fraction of sp³-hybridized carbons (Fsp3) is 0.562. The molecule has 0 unspecified atom stereocenters. The van der Waals surface area contributed by atoms with Crippen molar-refractivity contribution in [3.8, 4) is 0 Å². The van der Waals surface area contributed by atoms with Crippen molar-refractivity contribution in [1.82, 2.24) is 10.2 Å². The van der Waals surface area contributed by atoms with Crippen LogP contribution in [0.3, 0.4) is 0 Å². The Morgan fingerprint density at radius 1 is 1.17 bits per heavy atom. The molecule has 2 rings (SSSR count). The predicted molar refractivity (Wildman–Crippen MR) is 90.6 cm³/mol. The lowest BCUT2D eigenvalue weighted by Crippen LogP contribution is -2.34. The lowest BCUT2D eigenvalue weighted by Gasteiger charge is -2.26. The smallest absolute Gasteiger partial charge is 0.362 e. The molecule has 1 aromatic carbocycles. The van der Waals surface area contributed by atoms with E-state index in [1.54, 1.807) is 6.07 Å². The quantitative estimate of drug-likeness (QED) is 0.626. The molecule has 0 spiro atoms. The SMILES string of the molecule is FC(F)(F)c1cccc(NC(=S)NCCCN2CCCCC2)c1. The highest BCUT2D eigenvalue weighted by Crippen LogP contribution is 2.30. The van der Waals surface area contributed by atoms with Crippen molar-refractivity contribution in [2.45, 2.75) is 31.9 Å². The number of hydrogen-bond acceptors (Lipinski definition) is 2. The van der Waals surface area contributed by atoms with Crippen molar-refractivity contribution < 1.29 is 13.2 Å². The van der Waals surface area contributed by atoms with Crippen LogP contribution in [-0.4, -0.2) is 36.2 Å². The zero-order valence-corrected chi connectivity index (χ0v) is 13.8. The first-order chi connectivity index (χ1) is 10.9. The van der Waals surface area contributed by atoms with E-state index in [4.69, 9.17) is 12.2 Å². The van der Waals surface area contributed by atoms with E-state index < -0.39 is 11.7 Å². The molecule has 0 amide bonds. The number of hydrogen-bond donors (Lipinski definition) is 2. The molecule has 23 heavy (non-hydrogen) atoms. The Hall–Kier alpha value is -1.34. The standard InChI is InChI=1S/C16H22F3N3S/c17-16(18,19)13-6-4-7-14(12-13)21-15(23)20-8-5-11-22-9-2-1-3-10-22/h4,6-7,12H,1-3,5,8-11H2,(H2,20,21,23). The Morgan fingerprint density at radius 3 is 2.61 bits per heavy atom. The van der Waals surface area contributed by atoms with Gasteiger partial charge in [0, 0.05) is 12.2 Å². The molecule has 1 aliphatic heterocycles. The van der Waals surface area contributed by atoms with Crippen molar-refractivity contribution in [1.29, 1.82) is 0 Å². The second kappa shape index (κ2) is 8.49. The summed E-state index contributed by atoms with van der Waals surface area (Å²) in [6, 6.07) is 5.03. The van der Waals surface area contributed by atoms with E-state index in [2.05, 4.69) is 15.5 Å². The van der Waals surface area contributed by atoms with Crippen LogP contribution in [-0.2, 0) is 6.18 Å².